The van der Waals surface area contributed by atoms with Crippen molar-refractivity contribution in [3.63, 3.8) is 0 Å². The first-order chi connectivity index (χ1) is 6.66. The van der Waals surface area contributed by atoms with Gasteiger partial charge in [-0.05, 0) is 0 Å². The van der Waals surface area contributed by atoms with Crippen molar-refractivity contribution in [3.05, 3.63) is 32.4 Å². The van der Waals surface area contributed by atoms with E-state index in [9.17, 15) is 4.79 Å². The molecule has 5 nitrogen and oxygen atoms in total. The van der Waals surface area contributed by atoms with Gasteiger partial charge < -0.3 is 0 Å². The summed E-state index contributed by atoms with van der Waals surface area (Å²) in [6, 6.07) is 0. The van der Waals surface area contributed by atoms with Crippen LogP contribution in [0.3, 0.4) is 0 Å². The fourth-order valence-electron chi connectivity index (χ4n) is 1.04. The van der Waals surface area contributed by atoms with Crippen LogP contribution in [0, 0.1) is 0 Å². The van der Waals surface area contributed by atoms with Gasteiger partial charge in [0.2, 0.25) is 0 Å². The van der Waals surface area contributed by atoms with Gasteiger partial charge >= 0.3 is 5.69 Å². The number of halogens is 1. The molecule has 0 bridgehead atoms. The smallest absolute Gasteiger partial charge is 0.285 e. The van der Waals surface area contributed by atoms with Gasteiger partial charge in [0.25, 0.3) is 0 Å². The molecule has 2 aromatic heterocycles. The summed E-state index contributed by atoms with van der Waals surface area (Å²) in [6.45, 7) is 0.364. The van der Waals surface area contributed by atoms with Crippen LogP contribution in [0.25, 0.3) is 0 Å². The van der Waals surface area contributed by atoms with E-state index < -0.39 is 0 Å². The number of hydrogen-bond acceptors (Lipinski definition) is 4. The molecule has 0 aliphatic carbocycles. The van der Waals surface area contributed by atoms with E-state index in [2.05, 4.69) is 10.1 Å². The number of aryl methyl sites for hydroxylation is 1. The van der Waals surface area contributed by atoms with E-state index >= 15 is 0 Å². The molecule has 0 aliphatic heterocycles. The van der Waals surface area contributed by atoms with Crippen molar-refractivity contribution in [2.45, 2.75) is 6.54 Å². The lowest BCUT2D eigenvalue weighted by Gasteiger charge is -1.93. The molecule has 14 heavy (non-hydrogen) atoms. The van der Waals surface area contributed by atoms with Crippen molar-refractivity contribution < 1.29 is 0 Å². The molecule has 0 amide bonds. The van der Waals surface area contributed by atoms with Gasteiger partial charge in [-0.2, -0.15) is 5.10 Å². The molecular weight excluding hydrogens is 224 g/mol. The number of hydrogen-bond donors (Lipinski definition) is 0. The quantitative estimate of drug-likeness (QED) is 0.765. The standard InChI is InChI=1S/C7H7ClN4OS/c1-11-4-9-12(7(11)13)2-5-3-14-6(8)10-5/h3-4H,2H2,1H3. The van der Waals surface area contributed by atoms with Crippen LogP contribution in [0.1, 0.15) is 5.69 Å². The minimum atomic E-state index is -0.158. The molecule has 2 heterocycles. The molecular formula is C7H7ClN4OS. The second kappa shape index (κ2) is 3.55. The molecule has 0 unspecified atom stereocenters. The van der Waals surface area contributed by atoms with Gasteiger partial charge in [0, 0.05) is 12.4 Å². The van der Waals surface area contributed by atoms with Gasteiger partial charge in [0.1, 0.15) is 6.33 Å². The molecule has 0 saturated heterocycles. The monoisotopic (exact) mass is 230 g/mol. The van der Waals surface area contributed by atoms with Crippen molar-refractivity contribution in [2.75, 3.05) is 0 Å². The fourth-order valence-corrected chi connectivity index (χ4v) is 1.81. The van der Waals surface area contributed by atoms with Crippen molar-refractivity contribution in [1.82, 2.24) is 19.3 Å². The molecule has 0 aromatic carbocycles. The Kier molecular flexibility index (Phi) is 2.39. The van der Waals surface area contributed by atoms with E-state index in [1.54, 1.807) is 7.05 Å². The van der Waals surface area contributed by atoms with Gasteiger partial charge in [-0.15, -0.1) is 11.3 Å². The van der Waals surface area contributed by atoms with Crippen LogP contribution >= 0.6 is 22.9 Å². The Balaban J connectivity index is 2.27. The van der Waals surface area contributed by atoms with Gasteiger partial charge in [0.05, 0.1) is 12.2 Å². The lowest BCUT2D eigenvalue weighted by atomic mass is 10.5. The zero-order valence-electron chi connectivity index (χ0n) is 7.35. The summed E-state index contributed by atoms with van der Waals surface area (Å²) in [7, 11) is 1.65. The Morgan fingerprint density at radius 2 is 2.43 bits per heavy atom. The van der Waals surface area contributed by atoms with E-state index in [0.29, 0.717) is 11.0 Å². The second-order valence-electron chi connectivity index (χ2n) is 2.77. The van der Waals surface area contributed by atoms with Crippen LogP contribution in [0.15, 0.2) is 16.5 Å². The lowest BCUT2D eigenvalue weighted by molar-refractivity contribution is 0.638. The molecule has 0 N–H and O–H groups in total. The molecule has 7 heteroatoms. The third-order valence-corrected chi connectivity index (χ3v) is 2.75. The van der Waals surface area contributed by atoms with Crippen molar-refractivity contribution in [1.29, 1.82) is 0 Å². The SMILES string of the molecule is Cn1cnn(Cc2csc(Cl)n2)c1=O. The number of thiazole rings is 1. The number of nitrogens with zero attached hydrogens (tertiary/aromatic N) is 4. The molecule has 2 rings (SSSR count). The fraction of sp³-hybridized carbons (Fsp3) is 0.286. The summed E-state index contributed by atoms with van der Waals surface area (Å²) in [5.41, 5.74) is 0.593. The topological polar surface area (TPSA) is 52.7 Å². The van der Waals surface area contributed by atoms with Crippen molar-refractivity contribution in [3.8, 4) is 0 Å². The first kappa shape index (κ1) is 9.42. The maximum absolute atomic E-state index is 11.4. The summed E-state index contributed by atoms with van der Waals surface area (Å²) in [5.74, 6) is 0. The average Bonchev–Trinajstić information content (AvgIpc) is 2.67. The van der Waals surface area contributed by atoms with Gasteiger partial charge in [0.15, 0.2) is 4.47 Å². The van der Waals surface area contributed by atoms with E-state index in [-0.39, 0.29) is 5.69 Å². The van der Waals surface area contributed by atoms with Crippen LogP contribution in [0.4, 0.5) is 0 Å². The highest BCUT2D eigenvalue weighted by Gasteiger charge is 2.05. The Bertz CT molecular complexity index is 500. The average molecular weight is 231 g/mol. The van der Waals surface area contributed by atoms with Crippen molar-refractivity contribution in [2.24, 2.45) is 7.05 Å². The maximum Gasteiger partial charge on any atom is 0.345 e. The minimum absolute atomic E-state index is 0.158. The molecule has 0 radical (unpaired) electrons. The molecule has 0 aliphatic rings. The van der Waals surface area contributed by atoms with E-state index in [1.807, 2.05) is 5.38 Å². The highest BCUT2D eigenvalue weighted by molar-refractivity contribution is 7.13. The first-order valence-corrected chi connectivity index (χ1v) is 5.11. The number of rotatable bonds is 2. The predicted molar refractivity (Wildman–Crippen MR) is 53.7 cm³/mol. The summed E-state index contributed by atoms with van der Waals surface area (Å²) in [6.07, 6.45) is 1.47. The Morgan fingerprint density at radius 3 is 2.93 bits per heavy atom. The van der Waals surface area contributed by atoms with Gasteiger partial charge in [-0.1, -0.05) is 11.6 Å². The van der Waals surface area contributed by atoms with E-state index in [4.69, 9.17) is 11.6 Å². The molecule has 0 saturated carbocycles. The molecule has 0 atom stereocenters. The normalized spacial score (nSPS) is 10.7. The zero-order valence-corrected chi connectivity index (χ0v) is 8.92. The summed E-state index contributed by atoms with van der Waals surface area (Å²) in [5, 5.41) is 5.72. The first-order valence-electron chi connectivity index (χ1n) is 3.85. The van der Waals surface area contributed by atoms with Crippen LogP contribution < -0.4 is 5.69 Å². The summed E-state index contributed by atoms with van der Waals surface area (Å²) >= 11 is 7.01. The van der Waals surface area contributed by atoms with Crippen LogP contribution in [-0.2, 0) is 13.6 Å². The Labute approximate surface area is 88.6 Å². The largest absolute Gasteiger partial charge is 0.345 e. The van der Waals surface area contributed by atoms with Crippen LogP contribution in [0.2, 0.25) is 4.47 Å². The van der Waals surface area contributed by atoms with Crippen molar-refractivity contribution >= 4 is 22.9 Å². The molecule has 2 aromatic rings. The third kappa shape index (κ3) is 1.71. The van der Waals surface area contributed by atoms with Crippen LogP contribution in [-0.4, -0.2) is 19.3 Å². The molecule has 74 valence electrons. The highest BCUT2D eigenvalue weighted by atomic mass is 35.5. The zero-order chi connectivity index (χ0) is 10.1. The van der Waals surface area contributed by atoms with E-state index in [1.165, 1.54) is 26.9 Å². The Morgan fingerprint density at radius 1 is 1.64 bits per heavy atom. The van der Waals surface area contributed by atoms with Gasteiger partial charge in [-0.25, -0.2) is 14.5 Å². The molecule has 0 spiro atoms. The second-order valence-corrected chi connectivity index (χ2v) is 4.21. The maximum atomic E-state index is 11.4. The van der Waals surface area contributed by atoms with Crippen LogP contribution in [0.5, 0.6) is 0 Å². The predicted octanol–water partition coefficient (Wildman–Crippen LogP) is 0.740. The number of aromatic nitrogens is 4. The van der Waals surface area contributed by atoms with Gasteiger partial charge in [-0.3, -0.25) is 4.57 Å². The third-order valence-electron chi connectivity index (χ3n) is 1.72. The summed E-state index contributed by atoms with van der Waals surface area (Å²) in [4.78, 5) is 15.4. The lowest BCUT2D eigenvalue weighted by Crippen LogP contribution is -2.23. The van der Waals surface area contributed by atoms with E-state index in [0.717, 1.165) is 5.69 Å². The molecule has 0 fully saturated rings. The minimum Gasteiger partial charge on any atom is -0.285 e. The summed E-state index contributed by atoms with van der Waals surface area (Å²) < 4.78 is 3.23. The highest BCUT2D eigenvalue weighted by Crippen LogP contribution is 2.14. The Hall–Kier alpha value is -1.14.